The van der Waals surface area contributed by atoms with Crippen molar-refractivity contribution < 1.29 is 0 Å². The molecule has 5 heteroatoms. The summed E-state index contributed by atoms with van der Waals surface area (Å²) in [4.78, 5) is 0. The Morgan fingerprint density at radius 1 is 0.327 bits per heavy atom. The van der Waals surface area contributed by atoms with E-state index < -0.39 is 0 Å². The predicted molar refractivity (Wildman–Crippen MR) is 224 cm³/mol. The van der Waals surface area contributed by atoms with E-state index >= 15 is 0 Å². The van der Waals surface area contributed by atoms with E-state index in [1.165, 1.54) is 32.6 Å². The summed E-state index contributed by atoms with van der Waals surface area (Å²) in [5.41, 5.74) is 13.3. The molecule has 0 aliphatic heterocycles. The van der Waals surface area contributed by atoms with Crippen LogP contribution in [0.5, 0.6) is 0 Å². The van der Waals surface area contributed by atoms with Crippen molar-refractivity contribution in [2.24, 2.45) is 0 Å². The average molecular weight is 700 g/mol. The number of nitrogens with zero attached hydrogens (tertiary/aromatic N) is 5. The normalized spacial score (nSPS) is 11.6. The molecule has 8 aromatic carbocycles. The molecule has 11 rings (SSSR count). The van der Waals surface area contributed by atoms with E-state index in [-0.39, 0.29) is 0 Å². The molecule has 0 spiro atoms. The SMILES string of the molecule is N#Cc1ccc2c(c1)c1cc(C#N)ccc1n2-c1cccc(-c2cccc(-n3c4ccccc4c4c3ccc3c5ccccc5n(-c5ccccc5)c34)c2)c1. The molecule has 5 nitrogen and oxygen atoms in total. The summed E-state index contributed by atoms with van der Waals surface area (Å²) in [6.45, 7) is 0. The van der Waals surface area contributed by atoms with Gasteiger partial charge in [0.25, 0.3) is 0 Å². The molecular formula is C50H29N5. The highest BCUT2D eigenvalue weighted by molar-refractivity contribution is 6.26. The number of nitriles is 2. The molecule has 11 aromatic rings. The smallest absolute Gasteiger partial charge is 0.0991 e. The number of rotatable bonds is 4. The highest BCUT2D eigenvalue weighted by Crippen LogP contribution is 2.42. The highest BCUT2D eigenvalue weighted by Gasteiger charge is 2.21. The van der Waals surface area contributed by atoms with Crippen LogP contribution in [-0.4, -0.2) is 13.7 Å². The minimum Gasteiger partial charge on any atom is -0.309 e. The first-order valence-electron chi connectivity index (χ1n) is 18.3. The fourth-order valence-corrected chi connectivity index (χ4v) is 8.72. The topological polar surface area (TPSA) is 62.4 Å². The molecule has 0 aliphatic rings. The Morgan fingerprint density at radius 2 is 0.818 bits per heavy atom. The van der Waals surface area contributed by atoms with Gasteiger partial charge in [0.15, 0.2) is 0 Å². The summed E-state index contributed by atoms with van der Waals surface area (Å²) in [5, 5.41) is 26.2. The average Bonchev–Trinajstić information content (AvgIpc) is 3.89. The highest BCUT2D eigenvalue weighted by atomic mass is 15.0. The molecule has 0 radical (unpaired) electrons. The molecule has 0 N–H and O–H groups in total. The lowest BCUT2D eigenvalue weighted by molar-refractivity contribution is 1.17. The zero-order valence-corrected chi connectivity index (χ0v) is 29.5. The van der Waals surface area contributed by atoms with E-state index in [0.29, 0.717) is 11.1 Å². The number of hydrogen-bond donors (Lipinski definition) is 0. The Labute approximate surface area is 316 Å². The first-order chi connectivity index (χ1) is 27.2. The lowest BCUT2D eigenvalue weighted by atomic mass is 10.0. The van der Waals surface area contributed by atoms with Crippen LogP contribution in [0.15, 0.2) is 176 Å². The van der Waals surface area contributed by atoms with E-state index in [4.69, 9.17) is 0 Å². The van der Waals surface area contributed by atoms with Crippen molar-refractivity contribution >= 4 is 65.4 Å². The molecule has 55 heavy (non-hydrogen) atoms. The number of benzene rings is 8. The third-order valence-electron chi connectivity index (χ3n) is 11.0. The number of fused-ring (bicyclic) bond motifs is 10. The molecule has 0 saturated carbocycles. The van der Waals surface area contributed by atoms with Gasteiger partial charge in [-0.15, -0.1) is 0 Å². The summed E-state index contributed by atoms with van der Waals surface area (Å²) in [6.07, 6.45) is 0. The maximum absolute atomic E-state index is 9.69. The minimum absolute atomic E-state index is 0.590. The van der Waals surface area contributed by atoms with Crippen LogP contribution in [0.1, 0.15) is 11.1 Å². The Balaban J connectivity index is 1.12. The van der Waals surface area contributed by atoms with Crippen LogP contribution in [0.2, 0.25) is 0 Å². The first kappa shape index (κ1) is 30.7. The van der Waals surface area contributed by atoms with Gasteiger partial charge in [0.2, 0.25) is 0 Å². The molecule has 0 atom stereocenters. The zero-order chi connectivity index (χ0) is 36.6. The molecule has 0 saturated heterocycles. The van der Waals surface area contributed by atoms with Crippen LogP contribution < -0.4 is 0 Å². The maximum Gasteiger partial charge on any atom is 0.0991 e. The molecule has 0 unspecified atom stereocenters. The van der Waals surface area contributed by atoms with Gasteiger partial charge in [0, 0.05) is 49.4 Å². The molecule has 0 aliphatic carbocycles. The van der Waals surface area contributed by atoms with Gasteiger partial charge in [-0.2, -0.15) is 10.5 Å². The monoisotopic (exact) mass is 699 g/mol. The second-order valence-electron chi connectivity index (χ2n) is 14.0. The van der Waals surface area contributed by atoms with Crippen molar-refractivity contribution in [1.82, 2.24) is 13.7 Å². The van der Waals surface area contributed by atoms with Gasteiger partial charge in [-0.25, -0.2) is 0 Å². The van der Waals surface area contributed by atoms with Crippen LogP contribution in [0.4, 0.5) is 0 Å². The second kappa shape index (κ2) is 11.8. The summed E-state index contributed by atoms with van der Waals surface area (Å²) in [6, 6.07) is 66.2. The standard InChI is InChI=1S/C50H29N5/c51-30-32-20-23-46-42(26-32)43-27-33(31-52)21-24-47(43)53(46)37-14-8-10-34(28-37)35-11-9-15-38(29-35)54-45-19-7-5-17-41(45)49-48(54)25-22-40-39-16-4-6-18-44(39)55(50(40)49)36-12-2-1-3-13-36/h1-29H. The molecule has 3 heterocycles. The lowest BCUT2D eigenvalue weighted by Gasteiger charge is -2.13. The van der Waals surface area contributed by atoms with Gasteiger partial charge in [0.1, 0.15) is 0 Å². The molecule has 254 valence electrons. The summed E-state index contributed by atoms with van der Waals surface area (Å²) < 4.78 is 7.05. The van der Waals surface area contributed by atoms with Crippen LogP contribution >= 0.6 is 0 Å². The fourth-order valence-electron chi connectivity index (χ4n) is 8.72. The van der Waals surface area contributed by atoms with E-state index in [1.54, 1.807) is 0 Å². The van der Waals surface area contributed by atoms with Crippen LogP contribution in [0, 0.1) is 22.7 Å². The number of hydrogen-bond acceptors (Lipinski definition) is 2. The quantitative estimate of drug-likeness (QED) is 0.184. The number of aromatic nitrogens is 3. The second-order valence-corrected chi connectivity index (χ2v) is 14.0. The molecule has 0 fully saturated rings. The van der Waals surface area contributed by atoms with Crippen molar-refractivity contribution in [3.63, 3.8) is 0 Å². The molecule has 0 bridgehead atoms. The van der Waals surface area contributed by atoms with Crippen molar-refractivity contribution in [2.45, 2.75) is 0 Å². The first-order valence-corrected chi connectivity index (χ1v) is 18.3. The van der Waals surface area contributed by atoms with Gasteiger partial charge in [-0.3, -0.25) is 0 Å². The van der Waals surface area contributed by atoms with Gasteiger partial charge in [-0.05, 0) is 102 Å². The number of para-hydroxylation sites is 3. The van der Waals surface area contributed by atoms with Crippen LogP contribution in [0.25, 0.3) is 93.6 Å². The van der Waals surface area contributed by atoms with Gasteiger partial charge < -0.3 is 13.7 Å². The third kappa shape index (κ3) is 4.51. The zero-order valence-electron chi connectivity index (χ0n) is 29.5. The Morgan fingerprint density at radius 3 is 1.44 bits per heavy atom. The van der Waals surface area contributed by atoms with Crippen LogP contribution in [-0.2, 0) is 0 Å². The van der Waals surface area contributed by atoms with Gasteiger partial charge in [0.05, 0.1) is 56.4 Å². The van der Waals surface area contributed by atoms with Gasteiger partial charge in [-0.1, -0.05) is 84.9 Å². The summed E-state index contributed by atoms with van der Waals surface area (Å²) in [7, 11) is 0. The minimum atomic E-state index is 0.590. The van der Waals surface area contributed by atoms with Crippen molar-refractivity contribution in [2.75, 3.05) is 0 Å². The Hall–Kier alpha value is -7.86. The van der Waals surface area contributed by atoms with Crippen LogP contribution in [0.3, 0.4) is 0 Å². The Kier molecular flexibility index (Phi) is 6.61. The largest absolute Gasteiger partial charge is 0.309 e. The fraction of sp³-hybridized carbons (Fsp3) is 0. The molecule has 3 aromatic heterocycles. The lowest BCUT2D eigenvalue weighted by Crippen LogP contribution is -1.96. The van der Waals surface area contributed by atoms with E-state index in [2.05, 4.69) is 165 Å². The molecular weight excluding hydrogens is 671 g/mol. The summed E-state index contributed by atoms with van der Waals surface area (Å²) in [5.74, 6) is 0. The third-order valence-corrected chi connectivity index (χ3v) is 11.0. The van der Waals surface area contributed by atoms with Crippen molar-refractivity contribution in [1.29, 1.82) is 10.5 Å². The maximum atomic E-state index is 9.69. The predicted octanol–water partition coefficient (Wildman–Crippen LogP) is 12.4. The Bertz CT molecular complexity index is 3380. The van der Waals surface area contributed by atoms with E-state index in [1.807, 2.05) is 36.4 Å². The summed E-state index contributed by atoms with van der Waals surface area (Å²) >= 11 is 0. The van der Waals surface area contributed by atoms with E-state index in [0.717, 1.165) is 61.0 Å². The van der Waals surface area contributed by atoms with Crippen molar-refractivity contribution in [3.8, 4) is 40.3 Å². The van der Waals surface area contributed by atoms with Crippen molar-refractivity contribution in [3.05, 3.63) is 187 Å². The van der Waals surface area contributed by atoms with E-state index in [9.17, 15) is 10.5 Å². The van der Waals surface area contributed by atoms with Gasteiger partial charge >= 0.3 is 0 Å². The molecule has 0 amide bonds.